The van der Waals surface area contributed by atoms with Crippen molar-refractivity contribution in [2.24, 2.45) is 0 Å². The molecule has 102 valence electrons. The van der Waals surface area contributed by atoms with Crippen LogP contribution in [0.25, 0.3) is 0 Å². The number of nitrogens with one attached hydrogen (secondary N) is 2. The molecule has 7 heteroatoms. The van der Waals surface area contributed by atoms with Crippen LogP contribution in [-0.2, 0) is 10.0 Å². The van der Waals surface area contributed by atoms with Gasteiger partial charge in [0.2, 0.25) is 10.0 Å². The van der Waals surface area contributed by atoms with Crippen LogP contribution in [-0.4, -0.2) is 52.0 Å². The van der Waals surface area contributed by atoms with E-state index < -0.39 is 10.0 Å². The molecular formula is C11H20N4O2S. The van der Waals surface area contributed by atoms with E-state index in [4.69, 9.17) is 0 Å². The molecule has 0 aliphatic rings. The molecule has 1 heterocycles. The Morgan fingerprint density at radius 3 is 2.78 bits per heavy atom. The molecule has 0 amide bonds. The summed E-state index contributed by atoms with van der Waals surface area (Å²) in [4.78, 5) is 6.05. The van der Waals surface area contributed by atoms with Crippen LogP contribution in [0, 0.1) is 0 Å². The van der Waals surface area contributed by atoms with Gasteiger partial charge in [-0.1, -0.05) is 6.92 Å². The quantitative estimate of drug-likeness (QED) is 0.749. The van der Waals surface area contributed by atoms with E-state index in [2.05, 4.69) is 15.0 Å². The van der Waals surface area contributed by atoms with Crippen molar-refractivity contribution in [3.63, 3.8) is 0 Å². The number of nitrogens with zero attached hydrogens (tertiary/aromatic N) is 2. The molecule has 1 aromatic rings. The number of hydrogen-bond donors (Lipinski definition) is 2. The van der Waals surface area contributed by atoms with Gasteiger partial charge in [0, 0.05) is 32.5 Å². The minimum Gasteiger partial charge on any atom is -0.387 e. The normalized spacial score (nSPS) is 11.8. The Morgan fingerprint density at radius 1 is 1.44 bits per heavy atom. The molecule has 0 aliphatic heterocycles. The third-order valence-electron chi connectivity index (χ3n) is 2.67. The third kappa shape index (κ3) is 3.94. The number of aromatic nitrogens is 1. The summed E-state index contributed by atoms with van der Waals surface area (Å²) in [5.74, 6) is 0. The second kappa shape index (κ2) is 6.67. The van der Waals surface area contributed by atoms with E-state index in [1.54, 1.807) is 19.3 Å². The van der Waals surface area contributed by atoms with Crippen molar-refractivity contribution in [3.8, 4) is 0 Å². The van der Waals surface area contributed by atoms with Gasteiger partial charge in [-0.25, -0.2) is 13.1 Å². The highest BCUT2D eigenvalue weighted by Crippen LogP contribution is 2.18. The smallest absolute Gasteiger partial charge is 0.244 e. The molecule has 0 unspecified atom stereocenters. The van der Waals surface area contributed by atoms with E-state index in [1.165, 1.54) is 6.20 Å². The van der Waals surface area contributed by atoms with Gasteiger partial charge in [0.25, 0.3) is 0 Å². The van der Waals surface area contributed by atoms with E-state index >= 15 is 0 Å². The molecule has 0 aromatic carbocycles. The molecule has 0 radical (unpaired) electrons. The van der Waals surface area contributed by atoms with Gasteiger partial charge in [-0.05, 0) is 19.7 Å². The number of hydrogen-bond acceptors (Lipinski definition) is 5. The lowest BCUT2D eigenvalue weighted by Crippen LogP contribution is -2.33. The zero-order chi connectivity index (χ0) is 13.6. The Morgan fingerprint density at radius 2 is 2.17 bits per heavy atom. The lowest BCUT2D eigenvalue weighted by molar-refractivity contribution is 0.358. The first-order chi connectivity index (χ1) is 8.51. The van der Waals surface area contributed by atoms with Crippen molar-refractivity contribution in [2.75, 3.05) is 39.0 Å². The Balaban J connectivity index is 2.74. The van der Waals surface area contributed by atoms with E-state index in [9.17, 15) is 8.42 Å². The summed E-state index contributed by atoms with van der Waals surface area (Å²) in [7, 11) is 0.113. The summed E-state index contributed by atoms with van der Waals surface area (Å²) in [5, 5.41) is 2.84. The molecule has 0 aliphatic carbocycles. The maximum atomic E-state index is 12.1. The van der Waals surface area contributed by atoms with E-state index in [-0.39, 0.29) is 4.90 Å². The monoisotopic (exact) mass is 272 g/mol. The summed E-state index contributed by atoms with van der Waals surface area (Å²) < 4.78 is 26.7. The van der Waals surface area contributed by atoms with Gasteiger partial charge in [-0.15, -0.1) is 0 Å². The number of rotatable bonds is 7. The highest BCUT2D eigenvalue weighted by atomic mass is 32.2. The van der Waals surface area contributed by atoms with Gasteiger partial charge in [0.05, 0.1) is 5.69 Å². The minimum absolute atomic E-state index is 0.173. The van der Waals surface area contributed by atoms with Crippen molar-refractivity contribution >= 4 is 15.7 Å². The fourth-order valence-corrected chi connectivity index (χ4v) is 2.58. The molecule has 0 saturated heterocycles. The van der Waals surface area contributed by atoms with Crippen LogP contribution < -0.4 is 10.0 Å². The summed E-state index contributed by atoms with van der Waals surface area (Å²) in [6.07, 6.45) is 2.90. The minimum atomic E-state index is -3.51. The molecule has 0 bridgehead atoms. The molecular weight excluding hydrogens is 252 g/mol. The molecule has 1 aromatic heterocycles. The zero-order valence-electron chi connectivity index (χ0n) is 11.0. The van der Waals surface area contributed by atoms with Crippen LogP contribution >= 0.6 is 0 Å². The third-order valence-corrected chi connectivity index (χ3v) is 4.16. The first-order valence-electron chi connectivity index (χ1n) is 5.81. The van der Waals surface area contributed by atoms with Crippen LogP contribution in [0.3, 0.4) is 0 Å². The van der Waals surface area contributed by atoms with Crippen molar-refractivity contribution in [1.82, 2.24) is 14.6 Å². The molecule has 0 saturated carbocycles. The Kier molecular flexibility index (Phi) is 5.52. The highest BCUT2D eigenvalue weighted by Gasteiger charge is 2.17. The standard InChI is InChI=1S/C11H20N4O2S/c1-4-15(3)8-7-14-18(16,17)11-9-13-6-5-10(11)12-2/h5-6,9,14H,4,7-8H2,1-3H3,(H,12,13). The Hall–Kier alpha value is -1.18. The number of pyridine rings is 1. The maximum Gasteiger partial charge on any atom is 0.244 e. The molecule has 1 rings (SSSR count). The van der Waals surface area contributed by atoms with Crippen molar-refractivity contribution in [2.45, 2.75) is 11.8 Å². The van der Waals surface area contributed by atoms with Gasteiger partial charge in [0.15, 0.2) is 0 Å². The van der Waals surface area contributed by atoms with E-state index in [1.807, 2.05) is 18.9 Å². The number of anilines is 1. The number of sulfonamides is 1. The molecule has 18 heavy (non-hydrogen) atoms. The van der Waals surface area contributed by atoms with Crippen LogP contribution in [0.4, 0.5) is 5.69 Å². The first-order valence-corrected chi connectivity index (χ1v) is 7.29. The van der Waals surface area contributed by atoms with Gasteiger partial charge >= 0.3 is 0 Å². The van der Waals surface area contributed by atoms with Crippen molar-refractivity contribution < 1.29 is 8.42 Å². The number of likely N-dealkylation sites (N-methyl/N-ethyl adjacent to an activating group) is 1. The molecule has 0 spiro atoms. The topological polar surface area (TPSA) is 74.3 Å². The van der Waals surface area contributed by atoms with Crippen molar-refractivity contribution in [1.29, 1.82) is 0 Å². The largest absolute Gasteiger partial charge is 0.387 e. The first kappa shape index (κ1) is 14.9. The van der Waals surface area contributed by atoms with Crippen LogP contribution in [0.5, 0.6) is 0 Å². The molecule has 2 N–H and O–H groups in total. The van der Waals surface area contributed by atoms with Crippen LogP contribution in [0.2, 0.25) is 0 Å². The second-order valence-electron chi connectivity index (χ2n) is 3.92. The second-order valence-corrected chi connectivity index (χ2v) is 5.65. The summed E-state index contributed by atoms with van der Waals surface area (Å²) in [6.45, 7) is 3.96. The fraction of sp³-hybridized carbons (Fsp3) is 0.545. The average molecular weight is 272 g/mol. The van der Waals surface area contributed by atoms with Gasteiger partial charge < -0.3 is 10.2 Å². The summed E-state index contributed by atoms with van der Waals surface area (Å²) in [6, 6.07) is 1.63. The zero-order valence-corrected chi connectivity index (χ0v) is 11.8. The molecule has 0 fully saturated rings. The summed E-state index contributed by atoms with van der Waals surface area (Å²) in [5.41, 5.74) is 0.543. The van der Waals surface area contributed by atoms with Gasteiger partial charge in [-0.3, -0.25) is 4.98 Å². The van der Waals surface area contributed by atoms with Gasteiger partial charge in [-0.2, -0.15) is 0 Å². The predicted octanol–water partition coefficient (Wildman–Crippen LogP) is 0.353. The van der Waals surface area contributed by atoms with Crippen LogP contribution in [0.15, 0.2) is 23.4 Å². The SMILES string of the molecule is CCN(C)CCNS(=O)(=O)c1cnccc1NC. The Bertz CT molecular complexity index is 476. The van der Waals surface area contributed by atoms with Crippen LogP contribution in [0.1, 0.15) is 6.92 Å². The molecule has 6 nitrogen and oxygen atoms in total. The van der Waals surface area contributed by atoms with E-state index in [0.29, 0.717) is 18.8 Å². The average Bonchev–Trinajstić information content (AvgIpc) is 2.38. The lowest BCUT2D eigenvalue weighted by atomic mass is 10.4. The predicted molar refractivity (Wildman–Crippen MR) is 72.1 cm³/mol. The van der Waals surface area contributed by atoms with Crippen molar-refractivity contribution in [3.05, 3.63) is 18.5 Å². The van der Waals surface area contributed by atoms with Gasteiger partial charge in [0.1, 0.15) is 4.90 Å². The fourth-order valence-electron chi connectivity index (χ4n) is 1.41. The summed E-state index contributed by atoms with van der Waals surface area (Å²) >= 11 is 0. The maximum absolute atomic E-state index is 12.1. The highest BCUT2D eigenvalue weighted by molar-refractivity contribution is 7.89. The molecule has 0 atom stereocenters. The lowest BCUT2D eigenvalue weighted by Gasteiger charge is -2.15. The Labute approximate surface area is 108 Å². The van der Waals surface area contributed by atoms with E-state index in [0.717, 1.165) is 6.54 Å².